The Hall–Kier alpha value is -1.47. The standard InChI is InChI=1S/C8H7BF2N2O2/c1-13-8(11)7-5(9(14)15)2-4(10)3-6(7)12-13/h2-3,14-15H,1H3. The fourth-order valence-electron chi connectivity index (χ4n) is 1.49. The van der Waals surface area contributed by atoms with Gasteiger partial charge in [-0.05, 0) is 11.5 Å². The smallest absolute Gasteiger partial charge is 0.423 e. The van der Waals surface area contributed by atoms with Crippen molar-refractivity contribution in [1.29, 1.82) is 0 Å². The van der Waals surface area contributed by atoms with Crippen LogP contribution in [0.2, 0.25) is 0 Å². The lowest BCUT2D eigenvalue weighted by atomic mass is 9.78. The van der Waals surface area contributed by atoms with Gasteiger partial charge in [0.05, 0.1) is 10.9 Å². The minimum atomic E-state index is -1.93. The van der Waals surface area contributed by atoms with E-state index in [1.165, 1.54) is 7.05 Å². The van der Waals surface area contributed by atoms with Crippen molar-refractivity contribution < 1.29 is 18.8 Å². The van der Waals surface area contributed by atoms with Gasteiger partial charge in [-0.15, -0.1) is 0 Å². The highest BCUT2D eigenvalue weighted by atomic mass is 19.1. The second kappa shape index (κ2) is 3.28. The summed E-state index contributed by atoms with van der Waals surface area (Å²) >= 11 is 0. The zero-order chi connectivity index (χ0) is 11.2. The van der Waals surface area contributed by atoms with Crippen molar-refractivity contribution in [3.8, 4) is 0 Å². The van der Waals surface area contributed by atoms with Gasteiger partial charge in [-0.25, -0.2) is 9.07 Å². The second-order valence-electron chi connectivity index (χ2n) is 3.18. The molecule has 78 valence electrons. The van der Waals surface area contributed by atoms with Crippen molar-refractivity contribution in [1.82, 2.24) is 9.78 Å². The van der Waals surface area contributed by atoms with Gasteiger partial charge in [0.1, 0.15) is 5.82 Å². The number of benzene rings is 1. The van der Waals surface area contributed by atoms with Crippen LogP contribution >= 0.6 is 0 Å². The number of hydrogen-bond donors (Lipinski definition) is 2. The van der Waals surface area contributed by atoms with Crippen LogP contribution in [0.25, 0.3) is 10.9 Å². The minimum Gasteiger partial charge on any atom is -0.423 e. The molecule has 0 aliphatic carbocycles. The first-order valence-corrected chi connectivity index (χ1v) is 4.18. The maximum Gasteiger partial charge on any atom is 0.489 e. The van der Waals surface area contributed by atoms with E-state index in [4.69, 9.17) is 10.0 Å². The monoisotopic (exact) mass is 212 g/mol. The Morgan fingerprint density at radius 2 is 2.00 bits per heavy atom. The summed E-state index contributed by atoms with van der Waals surface area (Å²) in [5, 5.41) is 21.6. The number of rotatable bonds is 1. The molecule has 0 aliphatic rings. The van der Waals surface area contributed by atoms with Gasteiger partial charge in [0.25, 0.3) is 0 Å². The molecule has 0 radical (unpaired) electrons. The summed E-state index contributed by atoms with van der Waals surface area (Å²) in [6, 6.07) is 1.90. The van der Waals surface area contributed by atoms with Gasteiger partial charge in [0, 0.05) is 13.1 Å². The molecular weight excluding hydrogens is 205 g/mol. The summed E-state index contributed by atoms with van der Waals surface area (Å²) in [6.45, 7) is 0. The Bertz CT molecular complexity index is 527. The van der Waals surface area contributed by atoms with E-state index >= 15 is 0 Å². The number of fused-ring (bicyclic) bond motifs is 1. The molecule has 0 saturated carbocycles. The number of hydrogen-bond acceptors (Lipinski definition) is 3. The first kappa shape index (κ1) is 10.1. The molecule has 1 aromatic heterocycles. The molecular formula is C8H7BF2N2O2. The van der Waals surface area contributed by atoms with Gasteiger partial charge in [-0.2, -0.15) is 9.49 Å². The first-order valence-electron chi connectivity index (χ1n) is 4.18. The average molecular weight is 212 g/mol. The topological polar surface area (TPSA) is 58.3 Å². The van der Waals surface area contributed by atoms with Crippen LogP contribution in [-0.4, -0.2) is 26.9 Å². The van der Waals surface area contributed by atoms with E-state index in [1.54, 1.807) is 0 Å². The van der Waals surface area contributed by atoms with Crippen LogP contribution in [0.1, 0.15) is 0 Å². The predicted octanol–water partition coefficient (Wildman–Crippen LogP) is -0.469. The maximum atomic E-state index is 13.5. The molecule has 0 aliphatic heterocycles. The van der Waals surface area contributed by atoms with Crippen LogP contribution in [-0.2, 0) is 7.05 Å². The number of aryl methyl sites for hydroxylation is 1. The van der Waals surface area contributed by atoms with Crippen LogP contribution in [0, 0.1) is 11.8 Å². The molecule has 0 amide bonds. The summed E-state index contributed by atoms with van der Waals surface area (Å²) in [6.07, 6.45) is 0. The molecule has 0 bridgehead atoms. The molecule has 0 atom stereocenters. The van der Waals surface area contributed by atoms with Gasteiger partial charge < -0.3 is 10.0 Å². The molecule has 0 fully saturated rings. The number of nitrogens with zero attached hydrogens (tertiary/aromatic N) is 2. The fraction of sp³-hybridized carbons (Fsp3) is 0.125. The van der Waals surface area contributed by atoms with E-state index in [0.717, 1.165) is 16.8 Å². The Labute approximate surface area is 83.9 Å². The molecule has 4 nitrogen and oxygen atoms in total. The lowest BCUT2D eigenvalue weighted by Crippen LogP contribution is -2.31. The van der Waals surface area contributed by atoms with E-state index in [-0.39, 0.29) is 16.4 Å². The largest absolute Gasteiger partial charge is 0.489 e. The highest BCUT2D eigenvalue weighted by Crippen LogP contribution is 2.15. The Kier molecular flexibility index (Phi) is 2.20. The summed E-state index contributed by atoms with van der Waals surface area (Å²) < 4.78 is 27.4. The summed E-state index contributed by atoms with van der Waals surface area (Å²) in [4.78, 5) is 0. The van der Waals surface area contributed by atoms with E-state index in [9.17, 15) is 8.78 Å². The van der Waals surface area contributed by atoms with Crippen molar-refractivity contribution in [3.63, 3.8) is 0 Å². The third kappa shape index (κ3) is 1.49. The second-order valence-corrected chi connectivity index (χ2v) is 3.18. The van der Waals surface area contributed by atoms with Crippen LogP contribution in [0.3, 0.4) is 0 Å². The molecule has 0 spiro atoms. The van der Waals surface area contributed by atoms with Gasteiger partial charge in [0.2, 0.25) is 5.95 Å². The molecule has 7 heteroatoms. The molecule has 1 heterocycles. The van der Waals surface area contributed by atoms with Crippen molar-refractivity contribution in [2.75, 3.05) is 0 Å². The zero-order valence-electron chi connectivity index (χ0n) is 7.78. The van der Waals surface area contributed by atoms with Crippen LogP contribution in [0.5, 0.6) is 0 Å². The highest BCUT2D eigenvalue weighted by Gasteiger charge is 2.21. The van der Waals surface area contributed by atoms with E-state index in [0.29, 0.717) is 0 Å². The summed E-state index contributed by atoms with van der Waals surface area (Å²) in [5.74, 6) is -1.42. The van der Waals surface area contributed by atoms with E-state index in [1.807, 2.05) is 0 Å². The van der Waals surface area contributed by atoms with Crippen molar-refractivity contribution in [2.45, 2.75) is 0 Å². The SMILES string of the molecule is Cn1nc2cc(F)cc(B(O)O)c2c1F. The Morgan fingerprint density at radius 1 is 1.33 bits per heavy atom. The van der Waals surface area contributed by atoms with Crippen molar-refractivity contribution in [2.24, 2.45) is 7.05 Å². The van der Waals surface area contributed by atoms with Crippen LogP contribution in [0.15, 0.2) is 12.1 Å². The molecule has 2 N–H and O–H groups in total. The fourth-order valence-corrected chi connectivity index (χ4v) is 1.49. The molecule has 2 aromatic rings. The molecule has 15 heavy (non-hydrogen) atoms. The first-order chi connectivity index (χ1) is 7.00. The normalized spacial score (nSPS) is 11.0. The Balaban J connectivity index is 2.88. The lowest BCUT2D eigenvalue weighted by molar-refractivity contribution is 0.425. The molecule has 0 unspecified atom stereocenters. The third-order valence-electron chi connectivity index (χ3n) is 2.14. The van der Waals surface area contributed by atoms with Crippen LogP contribution in [0.4, 0.5) is 8.78 Å². The minimum absolute atomic E-state index is 0.0538. The van der Waals surface area contributed by atoms with E-state index < -0.39 is 18.9 Å². The maximum absolute atomic E-state index is 13.5. The number of aromatic nitrogens is 2. The average Bonchev–Trinajstić information content (AvgIpc) is 2.41. The van der Waals surface area contributed by atoms with Gasteiger partial charge in [-0.3, -0.25) is 0 Å². The van der Waals surface area contributed by atoms with Crippen molar-refractivity contribution >= 4 is 23.5 Å². The van der Waals surface area contributed by atoms with Gasteiger partial charge >= 0.3 is 7.12 Å². The predicted molar refractivity (Wildman–Crippen MR) is 50.5 cm³/mol. The summed E-state index contributed by atoms with van der Waals surface area (Å²) in [7, 11) is -0.581. The Morgan fingerprint density at radius 3 is 2.60 bits per heavy atom. The zero-order valence-corrected chi connectivity index (χ0v) is 7.78. The molecule has 0 saturated heterocycles. The molecule has 1 aromatic carbocycles. The molecule has 2 rings (SSSR count). The lowest BCUT2D eigenvalue weighted by Gasteiger charge is -2.01. The van der Waals surface area contributed by atoms with Crippen LogP contribution < -0.4 is 5.46 Å². The van der Waals surface area contributed by atoms with E-state index in [2.05, 4.69) is 5.10 Å². The van der Waals surface area contributed by atoms with Crippen molar-refractivity contribution in [3.05, 3.63) is 23.9 Å². The quantitative estimate of drug-likeness (QED) is 0.628. The highest BCUT2D eigenvalue weighted by molar-refractivity contribution is 6.61. The third-order valence-corrected chi connectivity index (χ3v) is 2.14. The summed E-state index contributed by atoms with van der Waals surface area (Å²) in [5.41, 5.74) is -0.172. The van der Waals surface area contributed by atoms with Gasteiger partial charge in [0.15, 0.2) is 0 Å². The van der Waals surface area contributed by atoms with Gasteiger partial charge in [-0.1, -0.05) is 0 Å². The number of halogens is 2.